The van der Waals surface area contributed by atoms with E-state index in [1.165, 1.54) is 41.5 Å². The molecule has 0 saturated heterocycles. The molecule has 0 N–H and O–H groups in total. The number of aromatic nitrogens is 5. The summed E-state index contributed by atoms with van der Waals surface area (Å²) in [6.45, 7) is 0. The van der Waals surface area contributed by atoms with Crippen LogP contribution in [0.2, 0.25) is 5.02 Å². The van der Waals surface area contributed by atoms with Crippen LogP contribution in [0, 0.1) is 16.8 Å². The van der Waals surface area contributed by atoms with Crippen LogP contribution in [-0.4, -0.2) is 25.9 Å². The maximum Gasteiger partial charge on any atom is 0.201 e. The van der Waals surface area contributed by atoms with Gasteiger partial charge in [-0.05, 0) is 88.6 Å². The van der Waals surface area contributed by atoms with Crippen molar-refractivity contribution in [1.82, 2.24) is 20.2 Å². The molecule has 10 heteroatoms. The van der Waals surface area contributed by atoms with Gasteiger partial charge in [-0.25, -0.2) is 8.78 Å². The number of hydrogen-bond donors (Lipinski definition) is 0. The highest BCUT2D eigenvalue weighted by atomic mass is 35.5. The molecule has 0 fully saturated rings. The summed E-state index contributed by atoms with van der Waals surface area (Å²) in [5, 5.41) is 25.5. The first kappa shape index (κ1) is 25.5. The Labute approximate surface area is 233 Å². The van der Waals surface area contributed by atoms with Crippen LogP contribution in [0.15, 0.2) is 102 Å². The zero-order valence-electron chi connectivity index (χ0n) is 21.0. The van der Waals surface area contributed by atoms with Crippen molar-refractivity contribution in [3.05, 3.63) is 136 Å². The van der Waals surface area contributed by atoms with Crippen LogP contribution in [0.25, 0.3) is 22.5 Å². The fourth-order valence-electron chi connectivity index (χ4n) is 4.85. The lowest BCUT2D eigenvalue weighted by atomic mass is 9.89. The Kier molecular flexibility index (Phi) is 6.88. The lowest BCUT2D eigenvalue weighted by Crippen LogP contribution is -2.36. The molecular weight excluding hydrogens is 534 g/mol. The summed E-state index contributed by atoms with van der Waals surface area (Å²) in [7, 11) is 0. The summed E-state index contributed by atoms with van der Waals surface area (Å²) in [4.78, 5) is 4.85. The molecule has 0 spiro atoms. The van der Waals surface area contributed by atoms with E-state index in [0.29, 0.717) is 40.4 Å². The maximum absolute atomic E-state index is 13.6. The SMILES string of the molecule is [O-][n+]1cc(-c2cc(Cl)ccc2-n2cnnn2)ccc1C(Cc1ccc(F)cc1)C1=NC(c2ccc(F)cc2)=CC1. The number of nitrogens with zero attached hydrogens (tertiary/aromatic N) is 6. The second-order valence-corrected chi connectivity index (χ2v) is 9.81. The normalized spacial score (nSPS) is 13.7. The second-order valence-electron chi connectivity index (χ2n) is 9.37. The number of pyridine rings is 1. The van der Waals surface area contributed by atoms with Gasteiger partial charge in [0.1, 0.15) is 18.0 Å². The molecule has 6 rings (SSSR count). The third-order valence-corrected chi connectivity index (χ3v) is 7.07. The van der Waals surface area contributed by atoms with Crippen molar-refractivity contribution < 1.29 is 13.5 Å². The first-order valence-electron chi connectivity index (χ1n) is 12.5. The average molecular weight is 555 g/mol. The largest absolute Gasteiger partial charge is 0.618 e. The molecule has 3 aromatic carbocycles. The molecule has 0 bridgehead atoms. The third kappa shape index (κ3) is 5.23. The Morgan fingerprint density at radius 2 is 1.65 bits per heavy atom. The molecule has 7 nitrogen and oxygen atoms in total. The molecule has 0 radical (unpaired) electrons. The topological polar surface area (TPSA) is 82.9 Å². The smallest absolute Gasteiger partial charge is 0.201 e. The lowest BCUT2D eigenvalue weighted by Gasteiger charge is -2.18. The highest BCUT2D eigenvalue weighted by molar-refractivity contribution is 6.31. The van der Waals surface area contributed by atoms with E-state index < -0.39 is 0 Å². The van der Waals surface area contributed by atoms with E-state index in [0.717, 1.165) is 27.3 Å². The molecule has 3 heterocycles. The number of allylic oxidation sites excluding steroid dienone is 1. The Bertz CT molecular complexity index is 1740. The van der Waals surface area contributed by atoms with E-state index in [9.17, 15) is 14.0 Å². The first-order valence-corrected chi connectivity index (χ1v) is 12.9. The summed E-state index contributed by atoms with van der Waals surface area (Å²) in [6, 6.07) is 21.3. The van der Waals surface area contributed by atoms with Gasteiger partial charge in [0.15, 0.2) is 6.20 Å². The molecule has 5 aromatic rings. The van der Waals surface area contributed by atoms with E-state index in [1.54, 1.807) is 48.5 Å². The maximum atomic E-state index is 13.6. The molecule has 0 saturated carbocycles. The first-order chi connectivity index (χ1) is 19.4. The third-order valence-electron chi connectivity index (χ3n) is 6.83. The quantitative estimate of drug-likeness (QED) is 0.180. The van der Waals surface area contributed by atoms with Gasteiger partial charge in [0.05, 0.1) is 17.3 Å². The monoisotopic (exact) mass is 554 g/mol. The number of aliphatic imine (C=N–C) groups is 1. The minimum atomic E-state index is -0.385. The molecule has 1 unspecified atom stereocenters. The van der Waals surface area contributed by atoms with E-state index in [4.69, 9.17) is 16.6 Å². The molecule has 0 aliphatic carbocycles. The Morgan fingerprint density at radius 3 is 2.35 bits per heavy atom. The molecule has 2 aromatic heterocycles. The van der Waals surface area contributed by atoms with E-state index in [2.05, 4.69) is 15.5 Å². The van der Waals surface area contributed by atoms with Crippen LogP contribution in [0.5, 0.6) is 0 Å². The van der Waals surface area contributed by atoms with Crippen LogP contribution in [0.1, 0.15) is 29.2 Å². The second kappa shape index (κ2) is 10.8. The number of halogens is 3. The van der Waals surface area contributed by atoms with Crippen LogP contribution in [-0.2, 0) is 6.42 Å². The van der Waals surface area contributed by atoms with Crippen LogP contribution >= 0.6 is 11.6 Å². The lowest BCUT2D eigenvalue weighted by molar-refractivity contribution is -0.614. The van der Waals surface area contributed by atoms with Crippen molar-refractivity contribution >= 4 is 23.0 Å². The molecule has 1 aliphatic rings. The number of rotatable bonds is 7. The molecule has 1 atom stereocenters. The highest BCUT2D eigenvalue weighted by Gasteiger charge is 2.29. The van der Waals surface area contributed by atoms with Gasteiger partial charge in [0, 0.05) is 34.3 Å². The van der Waals surface area contributed by atoms with Crippen LogP contribution < -0.4 is 4.73 Å². The number of hydrogen-bond acceptors (Lipinski definition) is 5. The predicted molar refractivity (Wildman–Crippen MR) is 148 cm³/mol. The standard InChI is InChI=1S/C30H21ClF2N6O/c31-22-6-14-29(38-18-34-36-37-38)25(16-22)21-5-13-30(39(40)17-21)26(15-19-1-7-23(32)8-2-19)28-12-11-27(35-28)20-3-9-24(33)10-4-20/h1-11,13-14,16-18,26H,12,15H2. The van der Waals surface area contributed by atoms with Crippen molar-refractivity contribution in [3.63, 3.8) is 0 Å². The summed E-state index contributed by atoms with van der Waals surface area (Å²) in [6.07, 6.45) is 5.90. The van der Waals surface area contributed by atoms with Crippen molar-refractivity contribution in [2.75, 3.05) is 0 Å². The summed E-state index contributed by atoms with van der Waals surface area (Å²) >= 11 is 6.30. The van der Waals surface area contributed by atoms with E-state index >= 15 is 0 Å². The van der Waals surface area contributed by atoms with Crippen LogP contribution in [0.4, 0.5) is 8.78 Å². The van der Waals surface area contributed by atoms with Crippen molar-refractivity contribution in [1.29, 1.82) is 0 Å². The Morgan fingerprint density at radius 1 is 0.925 bits per heavy atom. The minimum absolute atomic E-state index is 0.323. The molecular formula is C30H21ClF2N6O. The fraction of sp³-hybridized carbons (Fsp3) is 0.100. The summed E-state index contributed by atoms with van der Waals surface area (Å²) < 4.78 is 29.4. The van der Waals surface area contributed by atoms with Crippen LogP contribution in [0.3, 0.4) is 0 Å². The molecule has 40 heavy (non-hydrogen) atoms. The molecule has 198 valence electrons. The zero-order valence-corrected chi connectivity index (χ0v) is 21.7. The van der Waals surface area contributed by atoms with Crippen molar-refractivity contribution in [3.8, 4) is 16.8 Å². The molecule has 0 amide bonds. The van der Waals surface area contributed by atoms with E-state index in [1.807, 2.05) is 12.1 Å². The van der Waals surface area contributed by atoms with Gasteiger partial charge in [-0.15, -0.1) is 5.10 Å². The minimum Gasteiger partial charge on any atom is -0.618 e. The van der Waals surface area contributed by atoms with Crippen molar-refractivity contribution in [2.24, 2.45) is 4.99 Å². The summed E-state index contributed by atoms with van der Waals surface area (Å²) in [5.41, 5.74) is 5.64. The Hall–Kier alpha value is -4.76. The fourth-order valence-corrected chi connectivity index (χ4v) is 5.02. The average Bonchev–Trinajstić information content (AvgIpc) is 3.67. The Balaban J connectivity index is 1.39. The van der Waals surface area contributed by atoms with Gasteiger partial charge in [-0.3, -0.25) is 4.99 Å². The van der Waals surface area contributed by atoms with Gasteiger partial charge in [-0.2, -0.15) is 9.41 Å². The van der Waals surface area contributed by atoms with E-state index in [-0.39, 0.29) is 17.6 Å². The summed E-state index contributed by atoms with van der Waals surface area (Å²) in [5.74, 6) is -1.04. The van der Waals surface area contributed by atoms with Gasteiger partial charge in [0.25, 0.3) is 0 Å². The highest BCUT2D eigenvalue weighted by Crippen LogP contribution is 2.33. The van der Waals surface area contributed by atoms with Gasteiger partial charge >= 0.3 is 0 Å². The van der Waals surface area contributed by atoms with Gasteiger partial charge in [-0.1, -0.05) is 29.8 Å². The van der Waals surface area contributed by atoms with Gasteiger partial charge < -0.3 is 5.21 Å². The number of benzene rings is 3. The van der Waals surface area contributed by atoms with Crippen molar-refractivity contribution in [2.45, 2.75) is 18.8 Å². The molecule has 1 aliphatic heterocycles. The zero-order chi connectivity index (χ0) is 27.6. The number of tetrazole rings is 1. The van der Waals surface area contributed by atoms with Gasteiger partial charge in [0.2, 0.25) is 5.69 Å². The predicted octanol–water partition coefficient (Wildman–Crippen LogP) is 6.11.